The van der Waals surface area contributed by atoms with Crippen LogP contribution in [0.15, 0.2) is 72.3 Å². The SMILES string of the molecule is O=C(OCC1c2ccccc2-c2ccccc21)N1C2C=C(Cc3cc(F)c(F)c(F)c3)CC1CC2. The fraction of sp³-hybridized carbons (Fsp3) is 0.276. The summed E-state index contributed by atoms with van der Waals surface area (Å²) in [5.74, 6) is -3.81. The summed E-state index contributed by atoms with van der Waals surface area (Å²) >= 11 is 0. The Bertz CT molecular complexity index is 1280. The molecule has 35 heavy (non-hydrogen) atoms. The Morgan fingerprint density at radius 2 is 1.54 bits per heavy atom. The van der Waals surface area contributed by atoms with Gasteiger partial charge in [-0.3, -0.25) is 4.90 Å². The van der Waals surface area contributed by atoms with Crippen LogP contribution in [-0.2, 0) is 11.2 Å². The van der Waals surface area contributed by atoms with Crippen LogP contribution < -0.4 is 0 Å². The van der Waals surface area contributed by atoms with Gasteiger partial charge in [-0.05, 0) is 65.6 Å². The van der Waals surface area contributed by atoms with Crippen molar-refractivity contribution in [2.45, 2.75) is 43.7 Å². The fourth-order valence-corrected chi connectivity index (χ4v) is 5.98. The number of benzene rings is 3. The topological polar surface area (TPSA) is 29.5 Å². The number of hydrogen-bond acceptors (Lipinski definition) is 2. The van der Waals surface area contributed by atoms with Gasteiger partial charge in [-0.2, -0.15) is 0 Å². The lowest BCUT2D eigenvalue weighted by Crippen LogP contribution is -2.44. The van der Waals surface area contributed by atoms with Gasteiger partial charge in [-0.1, -0.05) is 60.2 Å². The monoisotopic (exact) mass is 475 g/mol. The van der Waals surface area contributed by atoms with E-state index in [4.69, 9.17) is 4.74 Å². The lowest BCUT2D eigenvalue weighted by molar-refractivity contribution is 0.0849. The smallest absolute Gasteiger partial charge is 0.410 e. The van der Waals surface area contributed by atoms with Crippen LogP contribution in [0, 0.1) is 17.5 Å². The van der Waals surface area contributed by atoms with Crippen LogP contribution >= 0.6 is 0 Å². The molecule has 6 heteroatoms. The Morgan fingerprint density at radius 3 is 2.17 bits per heavy atom. The van der Waals surface area contributed by atoms with E-state index in [0.717, 1.165) is 30.5 Å². The van der Waals surface area contributed by atoms with Crippen molar-refractivity contribution in [1.29, 1.82) is 0 Å². The zero-order chi connectivity index (χ0) is 24.1. The Labute approximate surface area is 201 Å². The highest BCUT2D eigenvalue weighted by Crippen LogP contribution is 2.45. The van der Waals surface area contributed by atoms with Crippen LogP contribution in [0.2, 0.25) is 0 Å². The Balaban J connectivity index is 1.16. The van der Waals surface area contributed by atoms with E-state index in [2.05, 4.69) is 24.3 Å². The molecular formula is C29H24F3NO2. The molecule has 0 aromatic heterocycles. The van der Waals surface area contributed by atoms with Gasteiger partial charge in [-0.15, -0.1) is 0 Å². The molecule has 3 aromatic carbocycles. The van der Waals surface area contributed by atoms with Crippen molar-refractivity contribution >= 4 is 6.09 Å². The molecule has 0 N–H and O–H groups in total. The Kier molecular flexibility index (Phi) is 5.39. The molecule has 3 aromatic rings. The van der Waals surface area contributed by atoms with E-state index in [9.17, 15) is 18.0 Å². The molecule has 0 spiro atoms. The highest BCUT2D eigenvalue weighted by Gasteiger charge is 2.41. The minimum absolute atomic E-state index is 0.00293. The number of amides is 1. The van der Waals surface area contributed by atoms with Gasteiger partial charge in [0.05, 0.1) is 6.04 Å². The summed E-state index contributed by atoms with van der Waals surface area (Å²) in [5.41, 5.74) is 6.10. The Hall–Kier alpha value is -3.54. The Morgan fingerprint density at radius 1 is 0.914 bits per heavy atom. The van der Waals surface area contributed by atoms with Gasteiger partial charge in [0, 0.05) is 12.0 Å². The second-order valence-corrected chi connectivity index (χ2v) is 9.59. The van der Waals surface area contributed by atoms with Gasteiger partial charge in [0.1, 0.15) is 6.61 Å². The third kappa shape index (κ3) is 3.81. The van der Waals surface area contributed by atoms with Gasteiger partial charge >= 0.3 is 6.09 Å². The molecule has 6 rings (SSSR count). The number of hydrogen-bond donors (Lipinski definition) is 0. The zero-order valence-electron chi connectivity index (χ0n) is 19.0. The van der Waals surface area contributed by atoms with Gasteiger partial charge < -0.3 is 4.74 Å². The maximum Gasteiger partial charge on any atom is 0.410 e. The average molecular weight is 476 g/mol. The van der Waals surface area contributed by atoms with Crippen LogP contribution in [-0.4, -0.2) is 29.7 Å². The van der Waals surface area contributed by atoms with E-state index >= 15 is 0 Å². The van der Waals surface area contributed by atoms with Gasteiger partial charge in [0.25, 0.3) is 0 Å². The number of nitrogens with zero attached hydrogens (tertiary/aromatic N) is 1. The third-order valence-electron chi connectivity index (χ3n) is 7.49. The maximum atomic E-state index is 13.6. The van der Waals surface area contributed by atoms with E-state index < -0.39 is 17.5 Å². The van der Waals surface area contributed by atoms with Crippen LogP contribution in [0.3, 0.4) is 0 Å². The first-order chi connectivity index (χ1) is 17.0. The predicted molar refractivity (Wildman–Crippen MR) is 126 cm³/mol. The van der Waals surface area contributed by atoms with Crippen molar-refractivity contribution in [1.82, 2.24) is 4.90 Å². The van der Waals surface area contributed by atoms with E-state index in [1.165, 1.54) is 22.3 Å². The molecule has 0 saturated carbocycles. The molecule has 0 radical (unpaired) electrons. The number of fused-ring (bicyclic) bond motifs is 5. The molecule has 1 fully saturated rings. The normalized spacial score (nSPS) is 20.4. The summed E-state index contributed by atoms with van der Waals surface area (Å²) in [6, 6.07) is 18.4. The van der Waals surface area contributed by atoms with Gasteiger partial charge in [0.15, 0.2) is 17.5 Å². The van der Waals surface area contributed by atoms with Crippen molar-refractivity contribution in [2.24, 2.45) is 0 Å². The summed E-state index contributed by atoms with van der Waals surface area (Å²) in [6.45, 7) is 0.271. The molecule has 1 aliphatic carbocycles. The number of carbonyl (C=O) groups excluding carboxylic acids is 1. The van der Waals surface area contributed by atoms with E-state index in [0.29, 0.717) is 18.4 Å². The van der Waals surface area contributed by atoms with Gasteiger partial charge in [-0.25, -0.2) is 18.0 Å². The summed E-state index contributed by atoms with van der Waals surface area (Å²) in [5, 5.41) is 0. The van der Waals surface area contributed by atoms with Gasteiger partial charge in [0.2, 0.25) is 0 Å². The van der Waals surface area contributed by atoms with E-state index in [1.807, 2.05) is 35.2 Å². The van der Waals surface area contributed by atoms with Crippen molar-refractivity contribution in [3.8, 4) is 11.1 Å². The molecule has 1 saturated heterocycles. The molecule has 178 valence electrons. The first-order valence-electron chi connectivity index (χ1n) is 12.0. The first kappa shape index (κ1) is 22.0. The van der Waals surface area contributed by atoms with E-state index in [1.54, 1.807) is 0 Å². The first-order valence-corrected chi connectivity index (χ1v) is 12.0. The average Bonchev–Trinajstić information content (AvgIpc) is 3.32. The standard InChI is InChI=1S/C29H24F3NO2/c30-26-14-18(15-27(31)28(26)32)11-17-12-19-9-10-20(13-17)33(19)29(34)35-16-25-23-7-3-1-5-21(23)22-6-2-4-8-24(22)25/h1-8,12,14-15,19-20,25H,9-11,13,16H2. The molecule has 2 aliphatic heterocycles. The van der Waals surface area contributed by atoms with Crippen molar-refractivity contribution in [2.75, 3.05) is 6.61 Å². The van der Waals surface area contributed by atoms with Crippen LogP contribution in [0.1, 0.15) is 41.9 Å². The molecule has 2 atom stereocenters. The van der Waals surface area contributed by atoms with Crippen LogP contribution in [0.25, 0.3) is 11.1 Å². The molecule has 2 bridgehead atoms. The summed E-state index contributed by atoms with van der Waals surface area (Å²) in [7, 11) is 0. The fourth-order valence-electron chi connectivity index (χ4n) is 5.98. The lowest BCUT2D eigenvalue weighted by Gasteiger charge is -2.33. The summed E-state index contributed by atoms with van der Waals surface area (Å²) < 4.78 is 46.4. The maximum absolute atomic E-state index is 13.6. The largest absolute Gasteiger partial charge is 0.448 e. The van der Waals surface area contributed by atoms with Crippen molar-refractivity contribution in [3.63, 3.8) is 0 Å². The molecule has 2 heterocycles. The minimum atomic E-state index is -1.45. The number of halogens is 3. The molecule has 3 aliphatic rings. The second kappa shape index (κ2) is 8.59. The number of carbonyl (C=O) groups is 1. The summed E-state index contributed by atoms with van der Waals surface area (Å²) in [6.07, 6.45) is 4.30. The van der Waals surface area contributed by atoms with Crippen LogP contribution in [0.5, 0.6) is 0 Å². The molecule has 3 nitrogen and oxygen atoms in total. The zero-order valence-corrected chi connectivity index (χ0v) is 19.0. The molecule has 2 unspecified atom stereocenters. The van der Waals surface area contributed by atoms with Crippen molar-refractivity contribution < 1.29 is 22.7 Å². The second-order valence-electron chi connectivity index (χ2n) is 9.59. The minimum Gasteiger partial charge on any atom is -0.448 e. The number of rotatable bonds is 4. The molecule has 1 amide bonds. The number of ether oxygens (including phenoxy) is 1. The van der Waals surface area contributed by atoms with Crippen molar-refractivity contribution in [3.05, 3.63) is 106 Å². The van der Waals surface area contributed by atoms with Crippen LogP contribution in [0.4, 0.5) is 18.0 Å². The lowest BCUT2D eigenvalue weighted by atomic mass is 9.95. The highest BCUT2D eigenvalue weighted by molar-refractivity contribution is 5.79. The summed E-state index contributed by atoms with van der Waals surface area (Å²) in [4.78, 5) is 15.0. The predicted octanol–water partition coefficient (Wildman–Crippen LogP) is 6.76. The quantitative estimate of drug-likeness (QED) is 0.308. The molecular weight excluding hydrogens is 451 g/mol. The third-order valence-corrected chi connectivity index (χ3v) is 7.49. The highest BCUT2D eigenvalue weighted by atomic mass is 19.2. The van der Waals surface area contributed by atoms with E-state index in [-0.39, 0.29) is 30.7 Å².